The molecule has 1 aromatic heterocycles. The lowest BCUT2D eigenvalue weighted by Gasteiger charge is -2.14. The third-order valence-electron chi connectivity index (χ3n) is 2.01. The molecule has 1 rings (SSSR count). The van der Waals surface area contributed by atoms with E-state index in [0.29, 0.717) is 11.5 Å². The summed E-state index contributed by atoms with van der Waals surface area (Å²) in [6, 6.07) is 1.84. The van der Waals surface area contributed by atoms with Crippen molar-refractivity contribution in [2.75, 3.05) is 13.7 Å². The van der Waals surface area contributed by atoms with E-state index >= 15 is 0 Å². The number of rotatable bonds is 5. The molecule has 0 saturated heterocycles. The van der Waals surface area contributed by atoms with Gasteiger partial charge in [0.2, 0.25) is 0 Å². The van der Waals surface area contributed by atoms with Gasteiger partial charge in [-0.3, -0.25) is 4.79 Å². The van der Waals surface area contributed by atoms with Crippen LogP contribution in [0.15, 0.2) is 16.3 Å². The van der Waals surface area contributed by atoms with Crippen molar-refractivity contribution >= 4 is 29.9 Å². The number of ether oxygens (including phenoxy) is 1. The van der Waals surface area contributed by atoms with Gasteiger partial charge in [0, 0.05) is 17.4 Å². The fraction of sp³-hybridized carbons (Fsp3) is 0.500. The highest BCUT2D eigenvalue weighted by Gasteiger charge is 2.13. The second kappa shape index (κ2) is 6.15. The molecule has 0 saturated carbocycles. The van der Waals surface area contributed by atoms with E-state index in [1.165, 1.54) is 11.3 Å². The number of hydrogen-bond acceptors (Lipinski definition) is 4. The normalized spacial score (nSPS) is 12.5. The van der Waals surface area contributed by atoms with Crippen molar-refractivity contribution in [1.82, 2.24) is 5.32 Å². The first-order valence-corrected chi connectivity index (χ1v) is 6.07. The van der Waals surface area contributed by atoms with Crippen LogP contribution in [0, 0.1) is 0 Å². The highest BCUT2D eigenvalue weighted by atomic mass is 32.1. The van der Waals surface area contributed by atoms with Crippen molar-refractivity contribution in [3.05, 3.63) is 16.3 Å². The highest BCUT2D eigenvalue weighted by Crippen LogP contribution is 2.17. The Hall–Kier alpha value is -0.520. The van der Waals surface area contributed by atoms with E-state index in [1.54, 1.807) is 13.2 Å². The fourth-order valence-corrected chi connectivity index (χ4v) is 2.22. The monoisotopic (exact) mass is 245 g/mol. The van der Waals surface area contributed by atoms with Crippen LogP contribution in [0.2, 0.25) is 0 Å². The minimum absolute atomic E-state index is 0.0517. The van der Waals surface area contributed by atoms with Gasteiger partial charge in [-0.2, -0.15) is 0 Å². The van der Waals surface area contributed by atoms with E-state index < -0.39 is 0 Å². The molecule has 84 valence electrons. The molecule has 0 spiro atoms. The van der Waals surface area contributed by atoms with Crippen molar-refractivity contribution in [1.29, 1.82) is 0 Å². The Morgan fingerprint density at radius 3 is 2.93 bits per heavy atom. The first kappa shape index (κ1) is 12.5. The number of thiophene rings is 1. The van der Waals surface area contributed by atoms with Crippen molar-refractivity contribution < 1.29 is 9.53 Å². The lowest BCUT2D eigenvalue weighted by atomic mass is 10.2. The minimum atomic E-state index is -0.0517. The predicted octanol–water partition coefficient (Wildman–Crippen LogP) is 2.19. The highest BCUT2D eigenvalue weighted by molar-refractivity contribution is 7.80. The lowest BCUT2D eigenvalue weighted by molar-refractivity contribution is 0.0898. The third kappa shape index (κ3) is 3.85. The number of thiol groups is 1. The quantitative estimate of drug-likeness (QED) is 0.780. The molecular formula is C10H15NO2S2. The molecule has 0 aliphatic heterocycles. The lowest BCUT2D eigenvalue weighted by Crippen LogP contribution is -2.37. The van der Waals surface area contributed by atoms with Crippen LogP contribution in [0.25, 0.3) is 0 Å². The molecule has 1 heterocycles. The molecule has 0 aliphatic rings. The van der Waals surface area contributed by atoms with Gasteiger partial charge in [-0.1, -0.05) is 6.92 Å². The second-order valence-electron chi connectivity index (χ2n) is 3.20. The van der Waals surface area contributed by atoms with Gasteiger partial charge in [0.1, 0.15) is 0 Å². The minimum Gasteiger partial charge on any atom is -0.383 e. The summed E-state index contributed by atoms with van der Waals surface area (Å²) < 4.78 is 5.01. The summed E-state index contributed by atoms with van der Waals surface area (Å²) in [5.41, 5.74) is 0. The number of carbonyl (C=O) groups is 1. The standard InChI is InChI=1S/C10H15NO2S2/c1-3-7(5-13-2)11-10(12)9-4-8(14)6-15-9/h4,6-7,14H,3,5H2,1-2H3,(H,11,12). The summed E-state index contributed by atoms with van der Waals surface area (Å²) in [5.74, 6) is -0.0517. The van der Waals surface area contributed by atoms with Gasteiger partial charge in [-0.05, 0) is 12.5 Å². The SMILES string of the molecule is CCC(COC)NC(=O)c1cc(S)cs1. The second-order valence-corrected chi connectivity index (χ2v) is 4.63. The topological polar surface area (TPSA) is 38.3 Å². The average Bonchev–Trinajstić information content (AvgIpc) is 2.64. The molecule has 1 unspecified atom stereocenters. The molecule has 1 amide bonds. The molecule has 1 atom stereocenters. The van der Waals surface area contributed by atoms with Gasteiger partial charge in [0.25, 0.3) is 5.91 Å². The Morgan fingerprint density at radius 1 is 1.73 bits per heavy atom. The van der Waals surface area contributed by atoms with Gasteiger partial charge in [0.05, 0.1) is 17.5 Å². The van der Waals surface area contributed by atoms with E-state index in [4.69, 9.17) is 4.74 Å². The van der Waals surface area contributed by atoms with Gasteiger partial charge in [-0.15, -0.1) is 24.0 Å². The first-order chi connectivity index (χ1) is 7.17. The van der Waals surface area contributed by atoms with E-state index in [0.717, 1.165) is 11.3 Å². The van der Waals surface area contributed by atoms with Crippen LogP contribution in [0.5, 0.6) is 0 Å². The van der Waals surface area contributed by atoms with Crippen molar-refractivity contribution in [2.45, 2.75) is 24.3 Å². The van der Waals surface area contributed by atoms with Crippen molar-refractivity contribution in [3.8, 4) is 0 Å². The molecule has 1 N–H and O–H groups in total. The van der Waals surface area contributed by atoms with Crippen LogP contribution < -0.4 is 5.32 Å². The molecular weight excluding hydrogens is 230 g/mol. The maximum atomic E-state index is 11.7. The molecule has 0 radical (unpaired) electrons. The molecule has 0 fully saturated rings. The summed E-state index contributed by atoms with van der Waals surface area (Å²) in [6.45, 7) is 2.56. The Morgan fingerprint density at radius 2 is 2.47 bits per heavy atom. The van der Waals surface area contributed by atoms with Gasteiger partial charge < -0.3 is 10.1 Å². The Kier molecular flexibility index (Phi) is 5.14. The smallest absolute Gasteiger partial charge is 0.261 e. The predicted molar refractivity (Wildman–Crippen MR) is 65.0 cm³/mol. The molecule has 0 bridgehead atoms. The average molecular weight is 245 g/mol. The Labute approximate surface area is 99.2 Å². The zero-order valence-electron chi connectivity index (χ0n) is 8.82. The summed E-state index contributed by atoms with van der Waals surface area (Å²) >= 11 is 5.56. The molecule has 15 heavy (non-hydrogen) atoms. The summed E-state index contributed by atoms with van der Waals surface area (Å²) in [7, 11) is 1.63. The maximum Gasteiger partial charge on any atom is 0.261 e. The van der Waals surface area contributed by atoms with Gasteiger partial charge in [0.15, 0.2) is 0 Å². The molecule has 5 heteroatoms. The van der Waals surface area contributed by atoms with Gasteiger partial charge in [-0.25, -0.2) is 0 Å². The molecule has 0 aliphatic carbocycles. The van der Waals surface area contributed by atoms with Crippen LogP contribution in [-0.2, 0) is 4.74 Å². The number of methoxy groups -OCH3 is 1. The summed E-state index contributed by atoms with van der Waals surface area (Å²) in [5, 5.41) is 4.75. The van der Waals surface area contributed by atoms with E-state index in [1.807, 2.05) is 12.3 Å². The van der Waals surface area contributed by atoms with Crippen molar-refractivity contribution in [2.24, 2.45) is 0 Å². The van der Waals surface area contributed by atoms with E-state index in [-0.39, 0.29) is 11.9 Å². The zero-order chi connectivity index (χ0) is 11.3. The zero-order valence-corrected chi connectivity index (χ0v) is 10.5. The Bertz CT molecular complexity index is 325. The fourth-order valence-electron chi connectivity index (χ4n) is 1.16. The van der Waals surface area contributed by atoms with Gasteiger partial charge >= 0.3 is 0 Å². The van der Waals surface area contributed by atoms with E-state index in [9.17, 15) is 4.79 Å². The first-order valence-electron chi connectivity index (χ1n) is 4.74. The van der Waals surface area contributed by atoms with Crippen molar-refractivity contribution in [3.63, 3.8) is 0 Å². The Balaban J connectivity index is 2.54. The van der Waals surface area contributed by atoms with Crippen LogP contribution in [0.4, 0.5) is 0 Å². The maximum absolute atomic E-state index is 11.7. The van der Waals surface area contributed by atoms with Crippen LogP contribution in [0.3, 0.4) is 0 Å². The third-order valence-corrected chi connectivity index (χ3v) is 3.37. The largest absolute Gasteiger partial charge is 0.383 e. The van der Waals surface area contributed by atoms with Crippen LogP contribution in [-0.4, -0.2) is 25.7 Å². The van der Waals surface area contributed by atoms with E-state index in [2.05, 4.69) is 17.9 Å². The number of amides is 1. The molecule has 1 aromatic rings. The summed E-state index contributed by atoms with van der Waals surface area (Å²) in [4.78, 5) is 13.2. The van der Waals surface area contributed by atoms with Crippen LogP contribution >= 0.6 is 24.0 Å². The number of hydrogen-bond donors (Lipinski definition) is 2. The van der Waals surface area contributed by atoms with Crippen LogP contribution in [0.1, 0.15) is 23.0 Å². The molecule has 3 nitrogen and oxygen atoms in total. The molecule has 0 aromatic carbocycles. The number of carbonyl (C=O) groups excluding carboxylic acids is 1. The summed E-state index contributed by atoms with van der Waals surface area (Å²) in [6.07, 6.45) is 0.860. The number of nitrogens with one attached hydrogen (secondary N) is 1.